The minimum absolute atomic E-state index is 0.117. The van der Waals surface area contributed by atoms with Crippen LogP contribution in [0.5, 0.6) is 5.75 Å². The second kappa shape index (κ2) is 10.5. The van der Waals surface area contributed by atoms with E-state index in [1.54, 1.807) is 6.07 Å². The van der Waals surface area contributed by atoms with Gasteiger partial charge in [0, 0.05) is 13.0 Å². The summed E-state index contributed by atoms with van der Waals surface area (Å²) >= 11 is 0. The van der Waals surface area contributed by atoms with Crippen LogP contribution in [0.3, 0.4) is 0 Å². The highest BCUT2D eigenvalue weighted by molar-refractivity contribution is 7.92. The molecule has 0 bridgehead atoms. The number of benzene rings is 2. The number of anilines is 1. The minimum Gasteiger partial charge on any atom is -0.491 e. The van der Waals surface area contributed by atoms with Gasteiger partial charge in [-0.05, 0) is 74.6 Å². The highest BCUT2D eigenvalue weighted by Crippen LogP contribution is 2.22. The molecule has 1 N–H and O–H groups in total. The van der Waals surface area contributed by atoms with Crippen LogP contribution in [0.2, 0.25) is 0 Å². The molecule has 7 heteroatoms. The summed E-state index contributed by atoms with van der Waals surface area (Å²) in [6, 6.07) is 11.6. The Hall–Kier alpha value is -2.54. The first kappa shape index (κ1) is 23.7. The van der Waals surface area contributed by atoms with Gasteiger partial charge in [0.2, 0.25) is 15.9 Å². The van der Waals surface area contributed by atoms with E-state index in [1.165, 1.54) is 10.6 Å². The van der Waals surface area contributed by atoms with Crippen LogP contribution in [0.1, 0.15) is 35.1 Å². The van der Waals surface area contributed by atoms with Crippen molar-refractivity contribution in [1.29, 1.82) is 0 Å². The summed E-state index contributed by atoms with van der Waals surface area (Å²) < 4.78 is 31.5. The molecule has 0 spiro atoms. The van der Waals surface area contributed by atoms with Gasteiger partial charge in [-0.1, -0.05) is 18.2 Å². The van der Waals surface area contributed by atoms with Gasteiger partial charge in [-0.25, -0.2) is 8.42 Å². The number of amides is 1. The molecule has 0 aliphatic rings. The van der Waals surface area contributed by atoms with E-state index in [2.05, 4.69) is 5.32 Å². The molecule has 0 aliphatic carbocycles. The van der Waals surface area contributed by atoms with Crippen LogP contribution in [0.25, 0.3) is 0 Å². The molecule has 0 fully saturated rings. The first-order chi connectivity index (χ1) is 14.1. The van der Waals surface area contributed by atoms with E-state index >= 15 is 0 Å². The first-order valence-electron chi connectivity index (χ1n) is 10.1. The number of carbonyl (C=O) groups excluding carboxylic acids is 1. The lowest BCUT2D eigenvalue weighted by molar-refractivity contribution is -0.121. The smallest absolute Gasteiger partial charge is 0.232 e. The van der Waals surface area contributed by atoms with Gasteiger partial charge in [-0.15, -0.1) is 0 Å². The minimum atomic E-state index is -3.42. The summed E-state index contributed by atoms with van der Waals surface area (Å²) in [6.07, 6.45) is 1.87. The van der Waals surface area contributed by atoms with Crippen LogP contribution in [-0.4, -0.2) is 40.3 Å². The maximum Gasteiger partial charge on any atom is 0.232 e. The first-order valence-corrected chi connectivity index (χ1v) is 11.9. The molecular formula is C23H32N2O4S. The lowest BCUT2D eigenvalue weighted by Gasteiger charge is -2.23. The van der Waals surface area contributed by atoms with Crippen molar-refractivity contribution in [1.82, 2.24) is 5.32 Å². The zero-order valence-corrected chi connectivity index (χ0v) is 19.3. The Balaban J connectivity index is 1.80. The Morgan fingerprint density at radius 2 is 1.70 bits per heavy atom. The van der Waals surface area contributed by atoms with Gasteiger partial charge in [0.05, 0.1) is 18.5 Å². The van der Waals surface area contributed by atoms with Gasteiger partial charge in [0.1, 0.15) is 12.4 Å². The summed E-state index contributed by atoms with van der Waals surface area (Å²) in [5.74, 6) is 0.703. The molecule has 1 amide bonds. The van der Waals surface area contributed by atoms with Gasteiger partial charge < -0.3 is 10.1 Å². The van der Waals surface area contributed by atoms with Crippen LogP contribution in [-0.2, 0) is 14.8 Å². The van der Waals surface area contributed by atoms with Gasteiger partial charge in [-0.3, -0.25) is 9.10 Å². The summed E-state index contributed by atoms with van der Waals surface area (Å²) in [7, 11) is -3.42. The highest BCUT2D eigenvalue weighted by Gasteiger charge is 2.18. The third-order valence-corrected chi connectivity index (χ3v) is 6.16. The zero-order valence-electron chi connectivity index (χ0n) is 18.5. The van der Waals surface area contributed by atoms with E-state index in [4.69, 9.17) is 4.74 Å². The molecule has 0 atom stereocenters. The second-order valence-electron chi connectivity index (χ2n) is 7.67. The molecule has 0 aromatic heterocycles. The molecule has 0 radical (unpaired) electrons. The number of hydrogen-bond donors (Lipinski definition) is 1. The average molecular weight is 433 g/mol. The molecule has 2 aromatic rings. The Labute approximate surface area is 180 Å². The molecule has 164 valence electrons. The molecule has 6 nitrogen and oxygen atoms in total. The SMILES string of the molecule is Cc1ccc(C)c(OCCNC(=O)CCCN(c2ccc(C)c(C)c2)S(C)(=O)=O)c1. The quantitative estimate of drug-likeness (QED) is 0.582. The van der Waals surface area contributed by atoms with Crippen molar-refractivity contribution in [2.75, 3.05) is 30.3 Å². The number of sulfonamides is 1. The second-order valence-corrected chi connectivity index (χ2v) is 9.58. The van der Waals surface area contributed by atoms with Crippen LogP contribution < -0.4 is 14.4 Å². The fraction of sp³-hybridized carbons (Fsp3) is 0.435. The van der Waals surface area contributed by atoms with Crippen molar-refractivity contribution in [2.24, 2.45) is 0 Å². The third kappa shape index (κ3) is 7.06. The average Bonchev–Trinajstić information content (AvgIpc) is 2.66. The number of aryl methyl sites for hydroxylation is 4. The molecule has 0 aliphatic heterocycles. The summed E-state index contributed by atoms with van der Waals surface area (Å²) in [5, 5.41) is 2.82. The molecular weight excluding hydrogens is 400 g/mol. The number of hydrogen-bond acceptors (Lipinski definition) is 4. The van der Waals surface area contributed by atoms with E-state index < -0.39 is 10.0 Å². The van der Waals surface area contributed by atoms with Crippen molar-refractivity contribution >= 4 is 21.6 Å². The predicted molar refractivity (Wildman–Crippen MR) is 122 cm³/mol. The lowest BCUT2D eigenvalue weighted by atomic mass is 10.1. The number of nitrogens with zero attached hydrogens (tertiary/aromatic N) is 1. The van der Waals surface area contributed by atoms with E-state index in [0.717, 1.165) is 28.0 Å². The fourth-order valence-electron chi connectivity index (χ4n) is 3.05. The fourth-order valence-corrected chi connectivity index (χ4v) is 4.01. The van der Waals surface area contributed by atoms with Crippen molar-refractivity contribution < 1.29 is 17.9 Å². The third-order valence-electron chi connectivity index (χ3n) is 4.97. The van der Waals surface area contributed by atoms with E-state index in [1.807, 2.05) is 58.0 Å². The van der Waals surface area contributed by atoms with E-state index in [-0.39, 0.29) is 18.9 Å². The maximum atomic E-state index is 12.2. The standard InChI is InChI=1S/C23H32N2O4S/c1-17-8-9-19(3)22(15-17)29-14-12-24-23(26)7-6-13-25(30(5,27)28)21-11-10-18(2)20(4)16-21/h8-11,15-16H,6-7,12-14H2,1-5H3,(H,24,26). The van der Waals surface area contributed by atoms with Gasteiger partial charge in [0.25, 0.3) is 0 Å². The number of ether oxygens (including phenoxy) is 1. The normalized spacial score (nSPS) is 11.2. The largest absolute Gasteiger partial charge is 0.491 e. The number of nitrogens with one attached hydrogen (secondary N) is 1. The topological polar surface area (TPSA) is 75.7 Å². The monoisotopic (exact) mass is 432 g/mol. The Kier molecular flexibility index (Phi) is 8.29. The number of rotatable bonds is 10. The van der Waals surface area contributed by atoms with Crippen molar-refractivity contribution in [3.63, 3.8) is 0 Å². The van der Waals surface area contributed by atoms with Crippen LogP contribution in [0.15, 0.2) is 36.4 Å². The van der Waals surface area contributed by atoms with Gasteiger partial charge >= 0.3 is 0 Å². The number of carbonyl (C=O) groups is 1. The Morgan fingerprint density at radius 1 is 1.00 bits per heavy atom. The zero-order chi connectivity index (χ0) is 22.3. The Morgan fingerprint density at radius 3 is 2.37 bits per heavy atom. The summed E-state index contributed by atoms with van der Waals surface area (Å²) in [4.78, 5) is 12.1. The lowest BCUT2D eigenvalue weighted by Crippen LogP contribution is -2.33. The van der Waals surface area contributed by atoms with Crippen molar-refractivity contribution in [2.45, 2.75) is 40.5 Å². The van der Waals surface area contributed by atoms with Crippen LogP contribution in [0.4, 0.5) is 5.69 Å². The van der Waals surface area contributed by atoms with Gasteiger partial charge in [-0.2, -0.15) is 0 Å². The van der Waals surface area contributed by atoms with Crippen molar-refractivity contribution in [3.05, 3.63) is 58.7 Å². The molecule has 0 saturated heterocycles. The molecule has 0 unspecified atom stereocenters. The van der Waals surface area contributed by atoms with E-state index in [0.29, 0.717) is 25.3 Å². The van der Waals surface area contributed by atoms with E-state index in [9.17, 15) is 13.2 Å². The predicted octanol–water partition coefficient (Wildman–Crippen LogP) is 3.66. The Bertz CT molecular complexity index is 987. The summed E-state index contributed by atoms with van der Waals surface area (Å²) in [5.41, 5.74) is 4.94. The maximum absolute atomic E-state index is 12.2. The molecule has 30 heavy (non-hydrogen) atoms. The molecule has 0 saturated carbocycles. The van der Waals surface area contributed by atoms with Crippen LogP contribution in [0, 0.1) is 27.7 Å². The van der Waals surface area contributed by atoms with Gasteiger partial charge in [0.15, 0.2) is 0 Å². The van der Waals surface area contributed by atoms with Crippen molar-refractivity contribution in [3.8, 4) is 5.75 Å². The van der Waals surface area contributed by atoms with Crippen LogP contribution >= 0.6 is 0 Å². The highest BCUT2D eigenvalue weighted by atomic mass is 32.2. The molecule has 0 heterocycles. The summed E-state index contributed by atoms with van der Waals surface area (Å²) in [6.45, 7) is 8.97. The molecule has 2 rings (SSSR count). The molecule has 2 aromatic carbocycles.